The van der Waals surface area contributed by atoms with Gasteiger partial charge in [0.2, 0.25) is 5.91 Å². The maximum Gasteiger partial charge on any atom is 0.227 e. The SMILES string of the molecule is C/C=C/c1ccc(OCCCn2c(C3CC(=O)N(c4cccc(Br)c4)C3)nc3ccccc32)c(OC)c1. The van der Waals surface area contributed by atoms with Crippen LogP contribution in [0.5, 0.6) is 11.5 Å². The van der Waals surface area contributed by atoms with Crippen LogP contribution < -0.4 is 14.4 Å². The highest BCUT2D eigenvalue weighted by Gasteiger charge is 2.34. The van der Waals surface area contributed by atoms with E-state index in [9.17, 15) is 4.79 Å². The maximum absolute atomic E-state index is 13.0. The molecule has 1 saturated heterocycles. The van der Waals surface area contributed by atoms with Gasteiger partial charge in [0.05, 0.1) is 24.8 Å². The Balaban J connectivity index is 1.32. The number of hydrogen-bond donors (Lipinski definition) is 0. The molecular formula is C30H30BrN3O3. The number of rotatable bonds is 9. The number of aromatic nitrogens is 2. The fourth-order valence-corrected chi connectivity index (χ4v) is 5.31. The number of imidazole rings is 1. The Morgan fingerprint density at radius 3 is 2.76 bits per heavy atom. The Hall–Kier alpha value is -3.58. The molecule has 1 aliphatic heterocycles. The third-order valence-electron chi connectivity index (χ3n) is 6.62. The summed E-state index contributed by atoms with van der Waals surface area (Å²) >= 11 is 3.52. The lowest BCUT2D eigenvalue weighted by molar-refractivity contribution is -0.117. The quantitative estimate of drug-likeness (QED) is 0.211. The highest BCUT2D eigenvalue weighted by Crippen LogP contribution is 2.34. The molecule has 2 heterocycles. The number of hydrogen-bond acceptors (Lipinski definition) is 4. The molecule has 0 aliphatic carbocycles. The first-order chi connectivity index (χ1) is 18.1. The minimum absolute atomic E-state index is 0.0269. The van der Waals surface area contributed by atoms with Crippen LogP contribution in [0.2, 0.25) is 0 Å². The number of ether oxygens (including phenoxy) is 2. The van der Waals surface area contributed by atoms with Gasteiger partial charge in [-0.3, -0.25) is 4.79 Å². The van der Waals surface area contributed by atoms with Gasteiger partial charge in [-0.25, -0.2) is 4.98 Å². The molecule has 7 heteroatoms. The highest BCUT2D eigenvalue weighted by molar-refractivity contribution is 9.10. The Kier molecular flexibility index (Phi) is 7.60. The van der Waals surface area contributed by atoms with Crippen LogP contribution in [0, 0.1) is 0 Å². The summed E-state index contributed by atoms with van der Waals surface area (Å²) in [7, 11) is 1.66. The van der Waals surface area contributed by atoms with Crippen molar-refractivity contribution in [3.63, 3.8) is 0 Å². The van der Waals surface area contributed by atoms with Gasteiger partial charge in [0.15, 0.2) is 11.5 Å². The average molecular weight is 560 g/mol. The van der Waals surface area contributed by atoms with Crippen molar-refractivity contribution < 1.29 is 14.3 Å². The summed E-state index contributed by atoms with van der Waals surface area (Å²) in [4.78, 5) is 19.8. The molecule has 4 aromatic rings. The van der Waals surface area contributed by atoms with E-state index in [1.807, 2.05) is 84.6 Å². The molecule has 5 rings (SSSR count). The number of halogens is 1. The Labute approximate surface area is 225 Å². The standard InChI is InChI=1S/C30H30BrN3O3/c1-3-8-21-13-14-27(28(17-21)36-2)37-16-7-15-33-26-12-5-4-11-25(26)32-30(33)22-18-29(35)34(20-22)24-10-6-9-23(31)19-24/h3-6,8-14,17,19,22H,7,15-16,18,20H2,1-2H3/b8-3+. The summed E-state index contributed by atoms with van der Waals surface area (Å²) in [6.07, 6.45) is 5.27. The minimum Gasteiger partial charge on any atom is -0.493 e. The van der Waals surface area contributed by atoms with E-state index in [2.05, 4.69) is 26.6 Å². The molecule has 0 radical (unpaired) electrons. The van der Waals surface area contributed by atoms with Gasteiger partial charge in [0.1, 0.15) is 5.82 Å². The molecule has 3 aromatic carbocycles. The molecule has 0 saturated carbocycles. The number of fused-ring (bicyclic) bond motifs is 1. The van der Waals surface area contributed by atoms with E-state index in [1.54, 1.807) is 7.11 Å². The van der Waals surface area contributed by atoms with E-state index in [0.29, 0.717) is 19.6 Å². The monoisotopic (exact) mass is 559 g/mol. The largest absolute Gasteiger partial charge is 0.493 e. The van der Waals surface area contributed by atoms with Crippen LogP contribution in [0.15, 0.2) is 77.3 Å². The predicted octanol–water partition coefficient (Wildman–Crippen LogP) is 6.83. The minimum atomic E-state index is 0.0269. The van der Waals surface area contributed by atoms with E-state index < -0.39 is 0 Å². The van der Waals surface area contributed by atoms with Gasteiger partial charge < -0.3 is 18.9 Å². The number of amides is 1. The molecule has 1 aliphatic rings. The van der Waals surface area contributed by atoms with E-state index in [0.717, 1.165) is 57.0 Å². The molecule has 1 atom stereocenters. The van der Waals surface area contributed by atoms with Crippen LogP contribution in [-0.2, 0) is 11.3 Å². The molecule has 1 unspecified atom stereocenters. The number of carbonyl (C=O) groups excluding carboxylic acids is 1. The maximum atomic E-state index is 13.0. The van der Waals surface area contributed by atoms with E-state index in [4.69, 9.17) is 14.5 Å². The lowest BCUT2D eigenvalue weighted by Crippen LogP contribution is -2.24. The predicted molar refractivity (Wildman–Crippen MR) is 151 cm³/mol. The van der Waals surface area contributed by atoms with Crippen molar-refractivity contribution in [1.82, 2.24) is 9.55 Å². The second kappa shape index (κ2) is 11.2. The van der Waals surface area contributed by atoms with Crippen molar-refractivity contribution in [2.24, 2.45) is 0 Å². The van der Waals surface area contributed by atoms with Crippen molar-refractivity contribution in [2.45, 2.75) is 32.2 Å². The van der Waals surface area contributed by atoms with Crippen LogP contribution in [0.4, 0.5) is 5.69 Å². The lowest BCUT2D eigenvalue weighted by Gasteiger charge is -2.18. The van der Waals surface area contributed by atoms with Crippen LogP contribution in [0.25, 0.3) is 17.1 Å². The molecule has 1 fully saturated rings. The van der Waals surface area contributed by atoms with E-state index >= 15 is 0 Å². The van der Waals surface area contributed by atoms with Crippen molar-refractivity contribution in [2.75, 3.05) is 25.2 Å². The summed E-state index contributed by atoms with van der Waals surface area (Å²) in [5.41, 5.74) is 4.02. The summed E-state index contributed by atoms with van der Waals surface area (Å²) < 4.78 is 14.8. The highest BCUT2D eigenvalue weighted by atomic mass is 79.9. The molecule has 1 aromatic heterocycles. The van der Waals surface area contributed by atoms with Crippen molar-refractivity contribution >= 4 is 44.6 Å². The Morgan fingerprint density at radius 2 is 1.95 bits per heavy atom. The zero-order valence-corrected chi connectivity index (χ0v) is 22.6. The smallest absolute Gasteiger partial charge is 0.227 e. The van der Waals surface area contributed by atoms with Crippen molar-refractivity contribution in [1.29, 1.82) is 0 Å². The van der Waals surface area contributed by atoms with E-state index in [1.165, 1.54) is 0 Å². The van der Waals surface area contributed by atoms with Crippen molar-refractivity contribution in [3.05, 3.63) is 88.7 Å². The molecule has 0 N–H and O–H groups in total. The molecule has 0 spiro atoms. The number of methoxy groups -OCH3 is 1. The number of nitrogens with zero attached hydrogens (tertiary/aromatic N) is 3. The molecular weight excluding hydrogens is 530 g/mol. The van der Waals surface area contributed by atoms with E-state index in [-0.39, 0.29) is 11.8 Å². The van der Waals surface area contributed by atoms with Gasteiger partial charge in [-0.15, -0.1) is 0 Å². The third kappa shape index (κ3) is 5.42. The Bertz CT molecular complexity index is 1450. The molecule has 6 nitrogen and oxygen atoms in total. The molecule has 37 heavy (non-hydrogen) atoms. The van der Waals surface area contributed by atoms with Crippen molar-refractivity contribution in [3.8, 4) is 11.5 Å². The molecule has 1 amide bonds. The van der Waals surface area contributed by atoms with Gasteiger partial charge in [0, 0.05) is 35.6 Å². The number of allylic oxidation sites excluding steroid dienone is 1. The van der Waals surface area contributed by atoms with Crippen LogP contribution in [-0.4, -0.2) is 35.7 Å². The van der Waals surface area contributed by atoms with Gasteiger partial charge in [-0.05, 0) is 61.4 Å². The normalized spacial score (nSPS) is 15.7. The fourth-order valence-electron chi connectivity index (χ4n) is 4.92. The Morgan fingerprint density at radius 1 is 1.08 bits per heavy atom. The lowest BCUT2D eigenvalue weighted by atomic mass is 10.1. The second-order valence-corrected chi connectivity index (χ2v) is 10.0. The summed E-state index contributed by atoms with van der Waals surface area (Å²) in [6, 6.07) is 22.0. The van der Waals surface area contributed by atoms with Crippen LogP contribution in [0.1, 0.15) is 37.1 Å². The van der Waals surface area contributed by atoms with Gasteiger partial charge in [-0.1, -0.05) is 52.3 Å². The topological polar surface area (TPSA) is 56.6 Å². The zero-order chi connectivity index (χ0) is 25.8. The average Bonchev–Trinajstić information content (AvgIpc) is 3.47. The number of carbonyl (C=O) groups is 1. The summed E-state index contributed by atoms with van der Waals surface area (Å²) in [5.74, 6) is 2.57. The summed E-state index contributed by atoms with van der Waals surface area (Å²) in [6.45, 7) is 3.89. The van der Waals surface area contributed by atoms with Crippen LogP contribution in [0.3, 0.4) is 0 Å². The summed E-state index contributed by atoms with van der Waals surface area (Å²) in [5, 5.41) is 0. The first kappa shape index (κ1) is 25.1. The van der Waals surface area contributed by atoms with Gasteiger partial charge in [0.25, 0.3) is 0 Å². The number of para-hydroxylation sites is 2. The van der Waals surface area contributed by atoms with Crippen LogP contribution >= 0.6 is 15.9 Å². The molecule has 0 bridgehead atoms. The van der Waals surface area contributed by atoms with Gasteiger partial charge >= 0.3 is 0 Å². The number of anilines is 1. The first-order valence-corrected chi connectivity index (χ1v) is 13.3. The zero-order valence-electron chi connectivity index (χ0n) is 21.1. The second-order valence-electron chi connectivity index (χ2n) is 9.11. The number of aryl methyl sites for hydroxylation is 1. The molecule has 190 valence electrons. The van der Waals surface area contributed by atoms with Gasteiger partial charge in [-0.2, -0.15) is 0 Å². The third-order valence-corrected chi connectivity index (χ3v) is 7.12. The fraction of sp³-hybridized carbons (Fsp3) is 0.267. The first-order valence-electron chi connectivity index (χ1n) is 12.5. The number of benzene rings is 3.